The largest absolute Gasteiger partial charge is 0.497 e. The molecule has 1 atom stereocenters. The Morgan fingerprint density at radius 1 is 1.39 bits per heavy atom. The number of thioether (sulfide) groups is 1. The summed E-state index contributed by atoms with van der Waals surface area (Å²) in [7, 11) is 1.64. The number of carbonyl (C=O) groups excluding carboxylic acids is 1. The molecule has 0 aliphatic heterocycles. The molecule has 0 unspecified atom stereocenters. The Kier molecular flexibility index (Phi) is 6.65. The van der Waals surface area contributed by atoms with Crippen LogP contribution in [-0.2, 0) is 4.79 Å². The number of carbonyl (C=O) groups is 1. The number of amides is 1. The molecule has 0 spiro atoms. The number of hydrogen-bond acceptors (Lipinski definition) is 3. The summed E-state index contributed by atoms with van der Waals surface area (Å²) >= 11 is 1.54. The molecular formula is C14H21NO2S. The number of ether oxygens (including phenoxy) is 1. The van der Waals surface area contributed by atoms with E-state index in [1.165, 1.54) is 0 Å². The van der Waals surface area contributed by atoms with Crippen molar-refractivity contribution in [2.75, 3.05) is 12.9 Å². The first-order valence-corrected chi connectivity index (χ1v) is 7.20. The van der Waals surface area contributed by atoms with Crippen LogP contribution in [-0.4, -0.2) is 24.8 Å². The zero-order valence-electron chi connectivity index (χ0n) is 11.2. The zero-order valence-corrected chi connectivity index (χ0v) is 12.0. The third-order valence-corrected chi connectivity index (χ3v) is 3.57. The minimum Gasteiger partial charge on any atom is -0.497 e. The van der Waals surface area contributed by atoms with Crippen LogP contribution >= 0.6 is 11.8 Å². The fourth-order valence-corrected chi connectivity index (χ4v) is 2.35. The highest BCUT2D eigenvalue weighted by Crippen LogP contribution is 2.20. The van der Waals surface area contributed by atoms with Gasteiger partial charge >= 0.3 is 0 Å². The second-order valence-corrected chi connectivity index (χ2v) is 5.27. The predicted octanol–water partition coefficient (Wildman–Crippen LogP) is 3.09. The van der Waals surface area contributed by atoms with Crippen LogP contribution in [0.2, 0.25) is 0 Å². The van der Waals surface area contributed by atoms with Crippen LogP contribution in [0.25, 0.3) is 0 Å². The Balaban J connectivity index is 2.33. The summed E-state index contributed by atoms with van der Waals surface area (Å²) in [6.45, 7) is 4.16. The fraction of sp³-hybridized carbons (Fsp3) is 0.500. The maximum absolute atomic E-state index is 11.7. The van der Waals surface area contributed by atoms with Gasteiger partial charge in [-0.05, 0) is 37.6 Å². The van der Waals surface area contributed by atoms with Crippen molar-refractivity contribution in [3.8, 4) is 5.75 Å². The second-order valence-electron chi connectivity index (χ2n) is 4.22. The van der Waals surface area contributed by atoms with Gasteiger partial charge in [0.2, 0.25) is 5.91 Å². The Morgan fingerprint density at radius 2 is 2.06 bits per heavy atom. The van der Waals surface area contributed by atoms with E-state index in [1.54, 1.807) is 18.9 Å². The molecule has 0 saturated carbocycles. The van der Waals surface area contributed by atoms with Crippen LogP contribution in [0, 0.1) is 0 Å². The lowest BCUT2D eigenvalue weighted by Crippen LogP contribution is -2.33. The molecule has 3 nitrogen and oxygen atoms in total. The Morgan fingerprint density at radius 3 is 2.61 bits per heavy atom. The van der Waals surface area contributed by atoms with Crippen molar-refractivity contribution < 1.29 is 9.53 Å². The van der Waals surface area contributed by atoms with E-state index in [9.17, 15) is 4.79 Å². The number of hydrogen-bond donors (Lipinski definition) is 1. The van der Waals surface area contributed by atoms with Gasteiger partial charge < -0.3 is 10.1 Å². The van der Waals surface area contributed by atoms with Crippen LogP contribution in [0.1, 0.15) is 26.7 Å². The van der Waals surface area contributed by atoms with Crippen molar-refractivity contribution in [2.45, 2.75) is 37.6 Å². The van der Waals surface area contributed by atoms with Gasteiger partial charge in [-0.2, -0.15) is 0 Å². The van der Waals surface area contributed by atoms with E-state index in [-0.39, 0.29) is 11.9 Å². The maximum atomic E-state index is 11.7. The number of methoxy groups -OCH3 is 1. The van der Waals surface area contributed by atoms with Gasteiger partial charge in [-0.25, -0.2) is 0 Å². The van der Waals surface area contributed by atoms with Crippen molar-refractivity contribution in [3.05, 3.63) is 24.3 Å². The van der Waals surface area contributed by atoms with Gasteiger partial charge in [-0.15, -0.1) is 11.8 Å². The Bertz CT molecular complexity index is 365. The van der Waals surface area contributed by atoms with Gasteiger partial charge in [0.15, 0.2) is 0 Å². The molecule has 18 heavy (non-hydrogen) atoms. The summed E-state index contributed by atoms with van der Waals surface area (Å²) in [5.74, 6) is 1.39. The third-order valence-electron chi connectivity index (χ3n) is 2.56. The van der Waals surface area contributed by atoms with Gasteiger partial charge in [-0.3, -0.25) is 4.79 Å². The van der Waals surface area contributed by atoms with E-state index in [0.717, 1.165) is 23.5 Å². The van der Waals surface area contributed by atoms with Crippen molar-refractivity contribution >= 4 is 17.7 Å². The first-order chi connectivity index (χ1) is 8.65. The van der Waals surface area contributed by atoms with Gasteiger partial charge in [0.25, 0.3) is 0 Å². The Hall–Kier alpha value is -1.16. The van der Waals surface area contributed by atoms with E-state index >= 15 is 0 Å². The highest BCUT2D eigenvalue weighted by Gasteiger charge is 2.06. The van der Waals surface area contributed by atoms with Crippen LogP contribution in [0.15, 0.2) is 29.2 Å². The van der Waals surface area contributed by atoms with Crippen LogP contribution in [0.4, 0.5) is 0 Å². The number of nitrogens with one attached hydrogen (secondary N) is 1. The quantitative estimate of drug-likeness (QED) is 0.772. The maximum Gasteiger partial charge on any atom is 0.230 e. The third kappa shape index (κ3) is 5.45. The summed E-state index contributed by atoms with van der Waals surface area (Å²) in [4.78, 5) is 12.7. The summed E-state index contributed by atoms with van der Waals surface area (Å²) in [5, 5.41) is 2.99. The molecule has 0 heterocycles. The van der Waals surface area contributed by atoms with Gasteiger partial charge in [0, 0.05) is 10.9 Å². The number of benzene rings is 1. The van der Waals surface area contributed by atoms with E-state index < -0.39 is 0 Å². The molecule has 1 aromatic carbocycles. The molecule has 0 aliphatic rings. The molecule has 0 aliphatic carbocycles. The minimum atomic E-state index is 0.0942. The molecule has 0 radical (unpaired) electrons. The van der Waals surface area contributed by atoms with Gasteiger partial charge in [0.05, 0.1) is 12.9 Å². The van der Waals surface area contributed by atoms with E-state index in [1.807, 2.05) is 31.2 Å². The van der Waals surface area contributed by atoms with Crippen molar-refractivity contribution in [2.24, 2.45) is 0 Å². The van der Waals surface area contributed by atoms with Crippen LogP contribution in [0.5, 0.6) is 5.75 Å². The normalized spacial score (nSPS) is 11.9. The monoisotopic (exact) mass is 267 g/mol. The average Bonchev–Trinajstić information content (AvgIpc) is 2.37. The minimum absolute atomic E-state index is 0.0942. The highest BCUT2D eigenvalue weighted by atomic mass is 32.2. The highest BCUT2D eigenvalue weighted by molar-refractivity contribution is 8.00. The molecule has 0 fully saturated rings. The molecule has 100 valence electrons. The van der Waals surface area contributed by atoms with E-state index in [4.69, 9.17) is 4.74 Å². The average molecular weight is 267 g/mol. The predicted molar refractivity (Wildman–Crippen MR) is 76.2 cm³/mol. The van der Waals surface area contributed by atoms with Gasteiger partial charge in [0.1, 0.15) is 5.75 Å². The van der Waals surface area contributed by atoms with Crippen LogP contribution < -0.4 is 10.1 Å². The first kappa shape index (κ1) is 14.9. The van der Waals surface area contributed by atoms with Crippen LogP contribution in [0.3, 0.4) is 0 Å². The van der Waals surface area contributed by atoms with Crippen molar-refractivity contribution in [3.63, 3.8) is 0 Å². The summed E-state index contributed by atoms with van der Waals surface area (Å²) in [6.07, 6.45) is 2.12. The lowest BCUT2D eigenvalue weighted by atomic mass is 10.2. The summed E-state index contributed by atoms with van der Waals surface area (Å²) in [5.41, 5.74) is 0. The molecule has 0 aromatic heterocycles. The first-order valence-electron chi connectivity index (χ1n) is 6.22. The summed E-state index contributed by atoms with van der Waals surface area (Å²) in [6, 6.07) is 8.00. The number of rotatable bonds is 7. The molecule has 1 N–H and O–H groups in total. The molecule has 1 rings (SSSR count). The second kappa shape index (κ2) is 8.03. The molecule has 0 saturated heterocycles. The molecular weight excluding hydrogens is 246 g/mol. The topological polar surface area (TPSA) is 38.3 Å². The van der Waals surface area contributed by atoms with Crippen molar-refractivity contribution in [1.29, 1.82) is 0 Å². The summed E-state index contributed by atoms with van der Waals surface area (Å²) < 4.78 is 5.09. The lowest BCUT2D eigenvalue weighted by molar-refractivity contribution is -0.119. The smallest absolute Gasteiger partial charge is 0.230 e. The molecule has 1 amide bonds. The molecule has 0 bridgehead atoms. The molecule has 1 aromatic rings. The van der Waals surface area contributed by atoms with E-state index in [2.05, 4.69) is 12.2 Å². The lowest BCUT2D eigenvalue weighted by Gasteiger charge is -2.12. The fourth-order valence-electron chi connectivity index (χ4n) is 1.64. The van der Waals surface area contributed by atoms with Gasteiger partial charge in [-0.1, -0.05) is 13.3 Å². The zero-order chi connectivity index (χ0) is 13.4. The standard InChI is InChI=1S/C14H21NO2S/c1-4-5-11(2)15-14(16)10-18-13-8-6-12(17-3)7-9-13/h6-9,11H,4-5,10H2,1-3H3,(H,15,16)/t11-/m1/s1. The Labute approximate surface area is 113 Å². The van der Waals surface area contributed by atoms with E-state index in [0.29, 0.717) is 5.75 Å². The van der Waals surface area contributed by atoms with Crippen molar-refractivity contribution in [1.82, 2.24) is 5.32 Å². The SMILES string of the molecule is CCC[C@@H](C)NC(=O)CSc1ccc(OC)cc1. The molecule has 4 heteroatoms.